The Morgan fingerprint density at radius 1 is 0.450 bits per heavy atom. The molecule has 60 heavy (non-hydrogen) atoms. The fraction of sp³-hybridized carbons (Fsp3) is 0.926. The van der Waals surface area contributed by atoms with Crippen LogP contribution in [0.2, 0.25) is 0 Å². The lowest BCUT2D eigenvalue weighted by atomic mass is 10.0. The number of rotatable bonds is 50. The molecular weight excluding hydrogens is 743 g/mol. The van der Waals surface area contributed by atoms with Crippen molar-refractivity contribution in [3.63, 3.8) is 0 Å². The van der Waals surface area contributed by atoms with E-state index in [0.29, 0.717) is 25.9 Å². The molecule has 0 aliphatic heterocycles. The quantitative estimate of drug-likeness (QED) is 0.0322. The van der Waals surface area contributed by atoms with Gasteiger partial charge in [0.2, 0.25) is 5.91 Å². The van der Waals surface area contributed by atoms with Crippen LogP contribution in [0, 0.1) is 0 Å². The van der Waals surface area contributed by atoms with Crippen molar-refractivity contribution in [3.05, 3.63) is 12.2 Å². The monoisotopic (exact) mass is 848 g/mol. The Kier molecular flexibility index (Phi) is 49.1. The summed E-state index contributed by atoms with van der Waals surface area (Å²) >= 11 is 0. The van der Waals surface area contributed by atoms with Gasteiger partial charge in [-0.05, 0) is 51.4 Å². The number of unbranched alkanes of at least 4 members (excludes halogenated alkanes) is 37. The molecule has 2 atom stereocenters. The predicted octanol–water partition coefficient (Wildman–Crippen LogP) is 16.1. The van der Waals surface area contributed by atoms with Crippen LogP contribution in [-0.2, 0) is 14.3 Å². The molecule has 0 aromatic heterocycles. The number of nitrogens with one attached hydrogen (secondary N) is 1. The van der Waals surface area contributed by atoms with Gasteiger partial charge in [-0.25, -0.2) is 0 Å². The molecular formula is C54H105NO5. The number of allylic oxidation sites excluding steroid dienone is 2. The Hall–Kier alpha value is -1.40. The summed E-state index contributed by atoms with van der Waals surface area (Å²) in [5, 5.41) is 23.1. The number of hydrogen-bond donors (Lipinski definition) is 3. The van der Waals surface area contributed by atoms with Gasteiger partial charge >= 0.3 is 5.97 Å². The Balaban J connectivity index is 3.40. The molecule has 6 nitrogen and oxygen atoms in total. The second kappa shape index (κ2) is 50.2. The number of hydrogen-bond acceptors (Lipinski definition) is 5. The lowest BCUT2D eigenvalue weighted by Crippen LogP contribution is -2.45. The summed E-state index contributed by atoms with van der Waals surface area (Å²) in [6, 6.07) is -0.550. The van der Waals surface area contributed by atoms with Gasteiger partial charge in [-0.15, -0.1) is 0 Å². The van der Waals surface area contributed by atoms with E-state index in [1.54, 1.807) is 0 Å². The highest BCUT2D eigenvalue weighted by Gasteiger charge is 2.20. The zero-order valence-corrected chi connectivity index (χ0v) is 40.5. The van der Waals surface area contributed by atoms with Crippen LogP contribution in [0.3, 0.4) is 0 Å². The number of aliphatic hydroxyl groups excluding tert-OH is 2. The van der Waals surface area contributed by atoms with Crippen LogP contribution in [0.25, 0.3) is 0 Å². The summed E-state index contributed by atoms with van der Waals surface area (Å²) in [5.41, 5.74) is 0. The summed E-state index contributed by atoms with van der Waals surface area (Å²) in [5.74, 6) is -0.0524. The van der Waals surface area contributed by atoms with Gasteiger partial charge in [0.25, 0.3) is 0 Å². The summed E-state index contributed by atoms with van der Waals surface area (Å²) < 4.78 is 5.48. The van der Waals surface area contributed by atoms with Crippen molar-refractivity contribution in [1.29, 1.82) is 0 Å². The lowest BCUT2D eigenvalue weighted by Gasteiger charge is -2.22. The third-order valence-electron chi connectivity index (χ3n) is 12.6. The van der Waals surface area contributed by atoms with Crippen LogP contribution in [0.5, 0.6) is 0 Å². The first-order valence-corrected chi connectivity index (χ1v) is 26.9. The zero-order chi connectivity index (χ0) is 43.7. The van der Waals surface area contributed by atoms with Gasteiger partial charge in [-0.3, -0.25) is 9.59 Å². The van der Waals surface area contributed by atoms with Crippen molar-refractivity contribution >= 4 is 11.9 Å². The maximum Gasteiger partial charge on any atom is 0.305 e. The molecule has 2 unspecified atom stereocenters. The molecule has 3 N–H and O–H groups in total. The first-order valence-electron chi connectivity index (χ1n) is 26.9. The molecule has 0 aromatic rings. The van der Waals surface area contributed by atoms with E-state index in [4.69, 9.17) is 4.74 Å². The average molecular weight is 848 g/mol. The van der Waals surface area contributed by atoms with Gasteiger partial charge < -0.3 is 20.3 Å². The van der Waals surface area contributed by atoms with Crippen molar-refractivity contribution in [2.24, 2.45) is 0 Å². The van der Waals surface area contributed by atoms with E-state index in [2.05, 4.69) is 31.3 Å². The zero-order valence-electron chi connectivity index (χ0n) is 40.5. The molecule has 0 saturated carbocycles. The molecule has 0 rings (SSSR count). The Bertz CT molecular complexity index is 893. The van der Waals surface area contributed by atoms with Crippen LogP contribution < -0.4 is 5.32 Å². The summed E-state index contributed by atoms with van der Waals surface area (Å²) in [4.78, 5) is 24.4. The molecule has 0 heterocycles. The minimum Gasteiger partial charge on any atom is -0.466 e. The van der Waals surface area contributed by atoms with Crippen LogP contribution in [0.15, 0.2) is 12.2 Å². The van der Waals surface area contributed by atoms with Crippen LogP contribution in [0.4, 0.5) is 0 Å². The van der Waals surface area contributed by atoms with E-state index in [1.807, 2.05) is 0 Å². The molecule has 0 spiro atoms. The molecule has 0 aliphatic rings. The largest absolute Gasteiger partial charge is 0.466 e. The van der Waals surface area contributed by atoms with Gasteiger partial charge in [0.1, 0.15) is 0 Å². The van der Waals surface area contributed by atoms with E-state index >= 15 is 0 Å². The van der Waals surface area contributed by atoms with E-state index in [1.165, 1.54) is 199 Å². The first kappa shape index (κ1) is 58.6. The van der Waals surface area contributed by atoms with Crippen molar-refractivity contribution in [2.45, 2.75) is 309 Å². The van der Waals surface area contributed by atoms with Crippen LogP contribution in [0.1, 0.15) is 296 Å². The standard InChI is InChI=1S/C54H105NO5/c1-3-5-7-9-11-13-14-15-16-17-18-22-25-28-32-36-40-44-48-54(59)60-49-45-41-37-33-29-26-23-20-19-21-24-27-31-35-39-43-47-53(58)55-51(50-56)52(57)46-42-38-34-30-12-10-8-6-4-2/h19,21,51-52,56-57H,3-18,20,22-50H2,1-2H3,(H,55,58)/b21-19-. The number of amides is 1. The fourth-order valence-corrected chi connectivity index (χ4v) is 8.40. The number of esters is 1. The third kappa shape index (κ3) is 46.1. The second-order valence-corrected chi connectivity index (χ2v) is 18.6. The average Bonchev–Trinajstić information content (AvgIpc) is 3.25. The minimum absolute atomic E-state index is 0.00146. The maximum atomic E-state index is 12.4. The number of carbonyl (C=O) groups is 2. The molecule has 0 saturated heterocycles. The molecule has 0 aromatic carbocycles. The SMILES string of the molecule is CCCCCCCCCCCCCCCCCCCCC(=O)OCCCCCCCCC/C=C\CCCCCCCC(=O)NC(CO)C(O)CCCCCCCCCCC. The first-order chi connectivity index (χ1) is 29.5. The van der Waals surface area contributed by atoms with E-state index < -0.39 is 12.1 Å². The molecule has 356 valence electrons. The molecule has 1 amide bonds. The maximum absolute atomic E-state index is 12.4. The molecule has 6 heteroatoms. The highest BCUT2D eigenvalue weighted by atomic mass is 16.5. The highest BCUT2D eigenvalue weighted by Crippen LogP contribution is 2.17. The summed E-state index contributed by atoms with van der Waals surface area (Å²) in [6.45, 7) is 4.92. The number of aliphatic hydroxyl groups is 2. The van der Waals surface area contributed by atoms with Crippen molar-refractivity contribution < 1.29 is 24.5 Å². The Morgan fingerprint density at radius 2 is 0.783 bits per heavy atom. The smallest absolute Gasteiger partial charge is 0.305 e. The fourth-order valence-electron chi connectivity index (χ4n) is 8.40. The molecule has 0 radical (unpaired) electrons. The molecule has 0 aliphatic carbocycles. The van der Waals surface area contributed by atoms with E-state index in [9.17, 15) is 19.8 Å². The Morgan fingerprint density at radius 3 is 1.18 bits per heavy atom. The predicted molar refractivity (Wildman–Crippen MR) is 260 cm³/mol. The van der Waals surface area contributed by atoms with Crippen LogP contribution >= 0.6 is 0 Å². The third-order valence-corrected chi connectivity index (χ3v) is 12.6. The van der Waals surface area contributed by atoms with Crippen molar-refractivity contribution in [2.75, 3.05) is 13.2 Å². The van der Waals surface area contributed by atoms with E-state index in [-0.39, 0.29) is 18.5 Å². The Labute approximate surface area is 374 Å². The van der Waals surface area contributed by atoms with Gasteiger partial charge in [-0.1, -0.05) is 244 Å². The molecule has 0 bridgehead atoms. The van der Waals surface area contributed by atoms with Crippen molar-refractivity contribution in [3.8, 4) is 0 Å². The number of ether oxygens (including phenoxy) is 1. The second-order valence-electron chi connectivity index (χ2n) is 18.6. The minimum atomic E-state index is -0.671. The van der Waals surface area contributed by atoms with E-state index in [0.717, 1.165) is 64.2 Å². The molecule has 0 fully saturated rings. The van der Waals surface area contributed by atoms with Gasteiger partial charge in [-0.2, -0.15) is 0 Å². The van der Waals surface area contributed by atoms with Gasteiger partial charge in [0, 0.05) is 12.8 Å². The van der Waals surface area contributed by atoms with Crippen LogP contribution in [-0.4, -0.2) is 47.4 Å². The summed E-state index contributed by atoms with van der Waals surface area (Å²) in [7, 11) is 0. The summed E-state index contributed by atoms with van der Waals surface area (Å²) in [6.07, 6.45) is 57.7. The normalized spacial score (nSPS) is 12.7. The van der Waals surface area contributed by atoms with Gasteiger partial charge in [0.15, 0.2) is 0 Å². The lowest BCUT2D eigenvalue weighted by molar-refractivity contribution is -0.143. The van der Waals surface area contributed by atoms with Crippen molar-refractivity contribution in [1.82, 2.24) is 5.32 Å². The highest BCUT2D eigenvalue weighted by molar-refractivity contribution is 5.76. The number of carbonyl (C=O) groups excluding carboxylic acids is 2. The van der Waals surface area contributed by atoms with Gasteiger partial charge in [0.05, 0.1) is 25.4 Å². The topological polar surface area (TPSA) is 95.9 Å².